The molecule has 0 fully saturated rings. The van der Waals surface area contributed by atoms with E-state index in [-0.39, 0.29) is 5.75 Å². The van der Waals surface area contributed by atoms with Crippen LogP contribution in [0.5, 0.6) is 0 Å². The number of hydrogen-bond acceptors (Lipinski definition) is 3. The van der Waals surface area contributed by atoms with Crippen molar-refractivity contribution in [1.29, 1.82) is 0 Å². The van der Waals surface area contributed by atoms with Gasteiger partial charge in [0, 0.05) is 10.6 Å². The molecule has 0 radical (unpaired) electrons. The van der Waals surface area contributed by atoms with E-state index in [2.05, 4.69) is 5.32 Å². The second-order valence-electron chi connectivity index (χ2n) is 4.23. The summed E-state index contributed by atoms with van der Waals surface area (Å²) in [6, 6.07) is 9.87. The summed E-state index contributed by atoms with van der Waals surface area (Å²) >= 11 is 5.84. The van der Waals surface area contributed by atoms with Crippen molar-refractivity contribution in [3.63, 3.8) is 0 Å². The third kappa shape index (κ3) is 4.27. The molecule has 0 saturated carbocycles. The molecule has 2 aromatic rings. The number of hydrogen-bond donors (Lipinski definition) is 2. The van der Waals surface area contributed by atoms with Crippen molar-refractivity contribution in [2.75, 3.05) is 16.8 Å². The summed E-state index contributed by atoms with van der Waals surface area (Å²) in [6.07, 6.45) is 0. The average molecular weight is 327 g/mol. The number of carbonyl (C=O) groups is 1. The molecule has 4 nitrogen and oxygen atoms in total. The van der Waals surface area contributed by atoms with Gasteiger partial charge in [-0.2, -0.15) is 0 Å². The fourth-order valence-electron chi connectivity index (χ4n) is 1.58. The van der Waals surface area contributed by atoms with Crippen LogP contribution in [0.15, 0.2) is 47.4 Å². The lowest BCUT2D eigenvalue weighted by molar-refractivity contribution is -0.113. The fourth-order valence-corrected chi connectivity index (χ4v) is 2.77. The summed E-state index contributed by atoms with van der Waals surface area (Å²) in [6.45, 7) is 0. The zero-order valence-electron chi connectivity index (χ0n) is 10.8. The van der Waals surface area contributed by atoms with Gasteiger partial charge in [0.2, 0.25) is 5.91 Å². The van der Waals surface area contributed by atoms with E-state index in [1.54, 1.807) is 6.07 Å². The fraction of sp³-hybridized carbons (Fsp3) is 0.0714. The molecule has 7 heteroatoms. The highest BCUT2D eigenvalue weighted by Crippen LogP contribution is 2.21. The van der Waals surface area contributed by atoms with Gasteiger partial charge in [0.25, 0.3) is 0 Å². The molecular formula is C14H12ClFN2O2S. The summed E-state index contributed by atoms with van der Waals surface area (Å²) in [5, 5.41) is 2.83. The summed E-state index contributed by atoms with van der Waals surface area (Å²) < 4.78 is 24.8. The molecule has 0 heterocycles. The molecule has 3 N–H and O–H groups in total. The second kappa shape index (κ2) is 6.69. The number of benzene rings is 2. The van der Waals surface area contributed by atoms with Gasteiger partial charge in [-0.25, -0.2) is 4.39 Å². The second-order valence-corrected chi connectivity index (χ2v) is 6.09. The Morgan fingerprint density at radius 2 is 1.90 bits per heavy atom. The first kappa shape index (κ1) is 15.5. The van der Waals surface area contributed by atoms with Gasteiger partial charge in [-0.3, -0.25) is 9.00 Å². The van der Waals surface area contributed by atoms with Crippen LogP contribution in [0.25, 0.3) is 0 Å². The van der Waals surface area contributed by atoms with E-state index in [1.807, 2.05) is 0 Å². The zero-order valence-corrected chi connectivity index (χ0v) is 12.4. The van der Waals surface area contributed by atoms with Crippen molar-refractivity contribution < 1.29 is 13.4 Å². The molecular weight excluding hydrogens is 315 g/mol. The molecule has 21 heavy (non-hydrogen) atoms. The lowest BCUT2D eigenvalue weighted by Crippen LogP contribution is -2.19. The van der Waals surface area contributed by atoms with Gasteiger partial charge in [-0.05, 0) is 42.5 Å². The summed E-state index contributed by atoms with van der Waals surface area (Å²) in [5.74, 6) is -1.06. The Morgan fingerprint density at radius 3 is 2.52 bits per heavy atom. The number of nitrogen functional groups attached to an aromatic ring is 1. The molecule has 0 spiro atoms. The zero-order chi connectivity index (χ0) is 15.4. The number of nitrogens with one attached hydrogen (secondary N) is 1. The third-order valence-corrected chi connectivity index (χ3v) is 4.26. The average Bonchev–Trinajstić information content (AvgIpc) is 2.44. The molecule has 110 valence electrons. The Labute approximate surface area is 128 Å². The van der Waals surface area contributed by atoms with Crippen molar-refractivity contribution in [3.05, 3.63) is 53.3 Å². The number of rotatable bonds is 4. The van der Waals surface area contributed by atoms with E-state index in [0.29, 0.717) is 21.3 Å². The Morgan fingerprint density at radius 1 is 1.24 bits per heavy atom. The first-order valence-electron chi connectivity index (χ1n) is 5.94. The molecule has 0 aliphatic rings. The van der Waals surface area contributed by atoms with E-state index in [1.165, 1.54) is 36.4 Å². The van der Waals surface area contributed by atoms with Gasteiger partial charge in [-0.1, -0.05) is 11.6 Å². The van der Waals surface area contributed by atoms with Crippen LogP contribution in [0.1, 0.15) is 0 Å². The predicted octanol–water partition coefficient (Wildman–Crippen LogP) is 2.81. The normalized spacial score (nSPS) is 11.9. The lowest BCUT2D eigenvalue weighted by Gasteiger charge is -2.06. The van der Waals surface area contributed by atoms with Crippen molar-refractivity contribution in [1.82, 2.24) is 0 Å². The van der Waals surface area contributed by atoms with Gasteiger partial charge >= 0.3 is 0 Å². The maximum absolute atomic E-state index is 12.7. The minimum atomic E-state index is -1.54. The van der Waals surface area contributed by atoms with Gasteiger partial charge in [0.15, 0.2) is 0 Å². The Bertz CT molecular complexity index is 692. The molecule has 0 aliphatic heterocycles. The SMILES string of the molecule is Nc1ccc(S(=O)CC(=O)Nc2ccc(F)cc2)cc1Cl. The minimum Gasteiger partial charge on any atom is -0.398 e. The minimum absolute atomic E-state index is 0.225. The van der Waals surface area contributed by atoms with Crippen LogP contribution < -0.4 is 11.1 Å². The Balaban J connectivity index is 2.00. The summed E-state index contributed by atoms with van der Waals surface area (Å²) in [4.78, 5) is 12.2. The maximum atomic E-state index is 12.7. The highest BCUT2D eigenvalue weighted by molar-refractivity contribution is 7.85. The van der Waals surface area contributed by atoms with Gasteiger partial charge in [-0.15, -0.1) is 0 Å². The number of halogens is 2. The van der Waals surface area contributed by atoms with E-state index in [0.717, 1.165) is 0 Å². The van der Waals surface area contributed by atoms with Crippen LogP contribution in [0, 0.1) is 5.82 Å². The number of anilines is 2. The van der Waals surface area contributed by atoms with Crippen LogP contribution in [0.3, 0.4) is 0 Å². The Hall–Kier alpha value is -1.92. The molecule has 0 aliphatic carbocycles. The van der Waals surface area contributed by atoms with E-state index in [4.69, 9.17) is 17.3 Å². The largest absolute Gasteiger partial charge is 0.398 e. The summed E-state index contributed by atoms with van der Waals surface area (Å²) in [5.41, 5.74) is 6.38. The lowest BCUT2D eigenvalue weighted by atomic mass is 10.3. The maximum Gasteiger partial charge on any atom is 0.237 e. The molecule has 2 rings (SSSR count). The Kier molecular flexibility index (Phi) is 4.93. The highest BCUT2D eigenvalue weighted by Gasteiger charge is 2.12. The highest BCUT2D eigenvalue weighted by atomic mass is 35.5. The molecule has 1 atom stereocenters. The van der Waals surface area contributed by atoms with E-state index >= 15 is 0 Å². The third-order valence-electron chi connectivity index (χ3n) is 2.62. The molecule has 1 amide bonds. The van der Waals surface area contributed by atoms with Gasteiger partial charge in [0.05, 0.1) is 21.5 Å². The smallest absolute Gasteiger partial charge is 0.237 e. The number of amides is 1. The molecule has 0 bridgehead atoms. The monoisotopic (exact) mass is 326 g/mol. The van der Waals surface area contributed by atoms with E-state index < -0.39 is 22.5 Å². The number of carbonyl (C=O) groups excluding carboxylic acids is 1. The number of nitrogens with two attached hydrogens (primary N) is 1. The predicted molar refractivity (Wildman–Crippen MR) is 82.2 cm³/mol. The van der Waals surface area contributed by atoms with Crippen molar-refractivity contribution in [3.8, 4) is 0 Å². The molecule has 0 saturated heterocycles. The topological polar surface area (TPSA) is 72.2 Å². The molecule has 1 unspecified atom stereocenters. The van der Waals surface area contributed by atoms with Crippen molar-refractivity contribution in [2.24, 2.45) is 0 Å². The first-order valence-corrected chi connectivity index (χ1v) is 7.64. The molecule has 0 aromatic heterocycles. The van der Waals surface area contributed by atoms with Crippen molar-refractivity contribution >= 4 is 39.7 Å². The van der Waals surface area contributed by atoms with Crippen LogP contribution in [-0.4, -0.2) is 15.9 Å². The van der Waals surface area contributed by atoms with Crippen LogP contribution in [-0.2, 0) is 15.6 Å². The summed E-state index contributed by atoms with van der Waals surface area (Å²) in [7, 11) is -1.54. The van der Waals surface area contributed by atoms with Gasteiger partial charge in [0.1, 0.15) is 11.6 Å². The van der Waals surface area contributed by atoms with Crippen LogP contribution in [0.4, 0.5) is 15.8 Å². The van der Waals surface area contributed by atoms with Crippen LogP contribution in [0.2, 0.25) is 5.02 Å². The van der Waals surface area contributed by atoms with Crippen LogP contribution >= 0.6 is 11.6 Å². The van der Waals surface area contributed by atoms with Gasteiger partial charge < -0.3 is 11.1 Å². The molecule has 2 aromatic carbocycles. The van der Waals surface area contributed by atoms with Crippen molar-refractivity contribution in [2.45, 2.75) is 4.90 Å². The standard InChI is InChI=1S/C14H12ClFN2O2S/c15-12-7-11(5-6-13(12)17)21(20)8-14(19)18-10-3-1-9(16)2-4-10/h1-7H,8,17H2,(H,18,19). The van der Waals surface area contributed by atoms with E-state index in [9.17, 15) is 13.4 Å². The quantitative estimate of drug-likeness (QED) is 0.849. The first-order chi connectivity index (χ1) is 9.95.